The van der Waals surface area contributed by atoms with Gasteiger partial charge in [-0.3, -0.25) is 4.99 Å². The molecule has 1 unspecified atom stereocenters. The van der Waals surface area contributed by atoms with Crippen molar-refractivity contribution in [2.45, 2.75) is 38.0 Å². The van der Waals surface area contributed by atoms with Gasteiger partial charge in [0.25, 0.3) is 0 Å². The monoisotopic (exact) mass is 466 g/mol. The summed E-state index contributed by atoms with van der Waals surface area (Å²) in [6.45, 7) is 6.09. The van der Waals surface area contributed by atoms with Crippen LogP contribution in [-0.2, 0) is 15.4 Å². The fourth-order valence-electron chi connectivity index (χ4n) is 3.39. The summed E-state index contributed by atoms with van der Waals surface area (Å²) in [5, 5.41) is 7.67. The molecule has 0 radical (unpaired) electrons. The third-order valence-corrected chi connectivity index (χ3v) is 9.52. The van der Waals surface area contributed by atoms with Gasteiger partial charge in [-0.1, -0.05) is 0 Å². The van der Waals surface area contributed by atoms with E-state index < -0.39 is 37.5 Å². The molecule has 1 aliphatic rings. The SMILES string of the molecule is Cc1nnc(-c2ccc(F)c(-c3cc(F)c(C4(C)CS(=O)(=O)C(C)(C)C(N)=N4)s3)c2)o1. The molecule has 164 valence electrons. The van der Waals surface area contributed by atoms with Gasteiger partial charge in [0.2, 0.25) is 11.8 Å². The van der Waals surface area contributed by atoms with E-state index in [0.29, 0.717) is 11.5 Å². The Kier molecular flexibility index (Phi) is 4.82. The highest BCUT2D eigenvalue weighted by atomic mass is 32.2. The Labute approximate surface area is 181 Å². The van der Waals surface area contributed by atoms with E-state index in [2.05, 4.69) is 15.2 Å². The van der Waals surface area contributed by atoms with Gasteiger partial charge >= 0.3 is 0 Å². The molecule has 0 fully saturated rings. The minimum absolute atomic E-state index is 0.0722. The van der Waals surface area contributed by atoms with E-state index in [0.717, 1.165) is 11.3 Å². The minimum atomic E-state index is -3.70. The third kappa shape index (κ3) is 3.45. The maximum absolute atomic E-state index is 15.0. The van der Waals surface area contributed by atoms with Gasteiger partial charge in [-0.25, -0.2) is 17.2 Å². The van der Waals surface area contributed by atoms with E-state index in [-0.39, 0.29) is 27.0 Å². The number of nitrogens with two attached hydrogens (primary N) is 1. The van der Waals surface area contributed by atoms with Gasteiger partial charge in [0.05, 0.1) is 10.6 Å². The van der Waals surface area contributed by atoms with Crippen LogP contribution in [0.2, 0.25) is 0 Å². The van der Waals surface area contributed by atoms with E-state index in [1.807, 2.05) is 0 Å². The number of hydrogen-bond acceptors (Lipinski definition) is 8. The van der Waals surface area contributed by atoms with Crippen LogP contribution >= 0.6 is 11.3 Å². The summed E-state index contributed by atoms with van der Waals surface area (Å²) in [7, 11) is -3.70. The summed E-state index contributed by atoms with van der Waals surface area (Å²) in [4.78, 5) is 4.70. The Morgan fingerprint density at radius 1 is 1.13 bits per heavy atom. The van der Waals surface area contributed by atoms with Crippen LogP contribution in [-0.4, -0.2) is 35.0 Å². The summed E-state index contributed by atoms with van der Waals surface area (Å²) < 4.78 is 59.2. The molecule has 0 amide bonds. The number of hydrogen-bond donors (Lipinski definition) is 1. The highest BCUT2D eigenvalue weighted by Crippen LogP contribution is 2.44. The summed E-state index contributed by atoms with van der Waals surface area (Å²) in [6.07, 6.45) is 0. The van der Waals surface area contributed by atoms with Crippen LogP contribution in [0.4, 0.5) is 8.78 Å². The van der Waals surface area contributed by atoms with Crippen LogP contribution in [0.3, 0.4) is 0 Å². The lowest BCUT2D eigenvalue weighted by atomic mass is 10.0. The first kappa shape index (κ1) is 21.6. The predicted molar refractivity (Wildman–Crippen MR) is 115 cm³/mol. The first-order valence-electron chi connectivity index (χ1n) is 9.32. The number of halogens is 2. The molecule has 1 aliphatic heterocycles. The normalized spacial score (nSPS) is 22.3. The Balaban J connectivity index is 1.82. The van der Waals surface area contributed by atoms with Gasteiger partial charge in [0, 0.05) is 22.9 Å². The lowest BCUT2D eigenvalue weighted by molar-refractivity contribution is 0.486. The molecule has 0 saturated carbocycles. The highest BCUT2D eigenvalue weighted by molar-refractivity contribution is 7.93. The van der Waals surface area contributed by atoms with Crippen molar-refractivity contribution >= 4 is 27.0 Å². The second kappa shape index (κ2) is 6.92. The number of thiophene rings is 1. The standard InChI is InChI=1S/C20H20F2N4O3S2/c1-10-25-26-17(29-10)11-5-6-13(21)12(7-11)15-8-14(22)16(30-15)20(4)9-31(27,28)19(2,3)18(23)24-20/h5-8H,9H2,1-4H3,(H2,23,24). The molecule has 31 heavy (non-hydrogen) atoms. The predicted octanol–water partition coefficient (Wildman–Crippen LogP) is 3.83. The third-order valence-electron chi connectivity index (χ3n) is 5.41. The molecular weight excluding hydrogens is 446 g/mol. The van der Waals surface area contributed by atoms with E-state index in [1.165, 1.54) is 45.0 Å². The molecule has 0 saturated heterocycles. The van der Waals surface area contributed by atoms with Gasteiger partial charge in [0.1, 0.15) is 27.8 Å². The zero-order valence-electron chi connectivity index (χ0n) is 17.2. The lowest BCUT2D eigenvalue weighted by Crippen LogP contribution is -2.54. The fraction of sp³-hybridized carbons (Fsp3) is 0.350. The molecule has 0 spiro atoms. The van der Waals surface area contributed by atoms with Gasteiger partial charge in [0.15, 0.2) is 9.84 Å². The van der Waals surface area contributed by atoms with Gasteiger partial charge in [-0.05, 0) is 45.0 Å². The number of sulfone groups is 1. The average Bonchev–Trinajstić information content (AvgIpc) is 3.26. The number of aliphatic imine (C=N–C) groups is 1. The van der Waals surface area contributed by atoms with Crippen molar-refractivity contribution in [3.63, 3.8) is 0 Å². The number of benzene rings is 1. The van der Waals surface area contributed by atoms with Gasteiger partial charge in [-0.15, -0.1) is 21.5 Å². The molecule has 0 aliphatic carbocycles. The van der Waals surface area contributed by atoms with Crippen LogP contribution in [0.1, 0.15) is 31.5 Å². The molecule has 3 aromatic rings. The fourth-order valence-corrected chi connectivity index (χ4v) is 6.30. The van der Waals surface area contributed by atoms with Crippen molar-refractivity contribution < 1.29 is 21.6 Å². The molecule has 0 bridgehead atoms. The maximum atomic E-state index is 15.0. The van der Waals surface area contributed by atoms with Crippen molar-refractivity contribution in [1.82, 2.24) is 10.2 Å². The summed E-state index contributed by atoms with van der Waals surface area (Å²) in [6, 6.07) is 5.37. The topological polar surface area (TPSA) is 111 Å². The molecule has 7 nitrogen and oxygen atoms in total. The van der Waals surface area contributed by atoms with Crippen molar-refractivity contribution in [2.75, 3.05) is 5.75 Å². The average molecular weight is 467 g/mol. The van der Waals surface area contributed by atoms with Crippen LogP contribution in [0, 0.1) is 18.6 Å². The Morgan fingerprint density at radius 3 is 2.45 bits per heavy atom. The van der Waals surface area contributed by atoms with E-state index in [9.17, 15) is 17.2 Å². The smallest absolute Gasteiger partial charge is 0.247 e. The van der Waals surface area contributed by atoms with Crippen LogP contribution < -0.4 is 5.73 Å². The Morgan fingerprint density at radius 2 is 1.84 bits per heavy atom. The molecule has 1 atom stereocenters. The second-order valence-corrected chi connectivity index (χ2v) is 11.7. The van der Waals surface area contributed by atoms with Gasteiger partial charge in [-0.2, -0.15) is 0 Å². The number of aromatic nitrogens is 2. The van der Waals surface area contributed by atoms with E-state index >= 15 is 0 Å². The molecule has 2 N–H and O–H groups in total. The zero-order valence-corrected chi connectivity index (χ0v) is 18.9. The number of nitrogens with zero attached hydrogens (tertiary/aromatic N) is 3. The molecule has 1 aromatic carbocycles. The van der Waals surface area contributed by atoms with Crippen molar-refractivity contribution in [2.24, 2.45) is 10.7 Å². The quantitative estimate of drug-likeness (QED) is 0.628. The Bertz CT molecular complexity index is 1330. The van der Waals surface area contributed by atoms with Crippen LogP contribution in [0.25, 0.3) is 21.9 Å². The van der Waals surface area contributed by atoms with Crippen LogP contribution in [0.5, 0.6) is 0 Å². The van der Waals surface area contributed by atoms with E-state index in [4.69, 9.17) is 10.2 Å². The number of aryl methyl sites for hydroxylation is 1. The lowest BCUT2D eigenvalue weighted by Gasteiger charge is -2.37. The first-order valence-corrected chi connectivity index (χ1v) is 11.8. The summed E-state index contributed by atoms with van der Waals surface area (Å²) in [5.41, 5.74) is 5.14. The molecule has 2 aromatic heterocycles. The maximum Gasteiger partial charge on any atom is 0.247 e. The van der Waals surface area contributed by atoms with Crippen molar-refractivity contribution in [3.8, 4) is 21.9 Å². The second-order valence-electron chi connectivity index (χ2n) is 8.15. The molecule has 11 heteroatoms. The summed E-state index contributed by atoms with van der Waals surface area (Å²) >= 11 is 0.935. The van der Waals surface area contributed by atoms with Crippen molar-refractivity contribution in [3.05, 3.63) is 46.7 Å². The highest BCUT2D eigenvalue weighted by Gasteiger charge is 2.50. The number of rotatable bonds is 3. The van der Waals surface area contributed by atoms with Crippen molar-refractivity contribution in [1.29, 1.82) is 0 Å². The molecule has 3 heterocycles. The summed E-state index contributed by atoms with van der Waals surface area (Å²) in [5.74, 6) is -1.17. The zero-order chi connectivity index (χ0) is 22.8. The number of amidine groups is 1. The minimum Gasteiger partial charge on any atom is -0.421 e. The molecular formula is C20H20F2N4O3S2. The van der Waals surface area contributed by atoms with Crippen LogP contribution in [0.15, 0.2) is 33.7 Å². The van der Waals surface area contributed by atoms with Gasteiger partial charge < -0.3 is 10.2 Å². The first-order chi connectivity index (χ1) is 14.3. The Hall–Kier alpha value is -2.66. The largest absolute Gasteiger partial charge is 0.421 e. The van der Waals surface area contributed by atoms with E-state index in [1.54, 1.807) is 6.92 Å². The molecule has 4 rings (SSSR count).